The topological polar surface area (TPSA) is 37.3 Å². The summed E-state index contributed by atoms with van der Waals surface area (Å²) in [6.07, 6.45) is 2.48. The van der Waals surface area contributed by atoms with Gasteiger partial charge in [0, 0.05) is 12.5 Å². The Morgan fingerprint density at radius 2 is 2.20 bits per heavy atom. The molecule has 0 bridgehead atoms. The zero-order chi connectivity index (χ0) is 7.98. The molecule has 0 aromatic heterocycles. The summed E-state index contributed by atoms with van der Waals surface area (Å²) in [5, 5.41) is 8.48. The van der Waals surface area contributed by atoms with Crippen molar-refractivity contribution in [1.82, 2.24) is 0 Å². The summed E-state index contributed by atoms with van der Waals surface area (Å²) in [4.78, 5) is 10.8. The molecule has 0 saturated carbocycles. The van der Waals surface area contributed by atoms with E-state index in [1.165, 1.54) is 0 Å². The van der Waals surface area contributed by atoms with Gasteiger partial charge in [0.1, 0.15) is 5.78 Å². The summed E-state index contributed by atoms with van der Waals surface area (Å²) < 4.78 is 0. The number of rotatable bonds is 5. The van der Waals surface area contributed by atoms with Crippen LogP contribution in [-0.2, 0) is 4.79 Å². The molecular weight excluding hydrogens is 128 g/mol. The standard InChI is InChI=1S/C8H16O2/c1-3-8(7(2)10)5-4-6-9/h8-9H,3-6H2,1-2H3. The highest BCUT2D eigenvalue weighted by atomic mass is 16.2. The monoisotopic (exact) mass is 144 g/mol. The molecule has 0 aliphatic carbocycles. The maximum atomic E-state index is 10.8. The third-order valence-corrected chi connectivity index (χ3v) is 1.78. The SMILES string of the molecule is CCC(CCCO)C(C)=O. The fourth-order valence-corrected chi connectivity index (χ4v) is 1.03. The van der Waals surface area contributed by atoms with E-state index >= 15 is 0 Å². The molecule has 0 aromatic carbocycles. The number of ketones is 1. The van der Waals surface area contributed by atoms with Crippen molar-refractivity contribution < 1.29 is 9.90 Å². The van der Waals surface area contributed by atoms with E-state index in [1.54, 1.807) is 6.92 Å². The molecule has 0 spiro atoms. The van der Waals surface area contributed by atoms with Gasteiger partial charge in [-0.3, -0.25) is 4.79 Å². The van der Waals surface area contributed by atoms with Gasteiger partial charge in [-0.1, -0.05) is 6.92 Å². The number of Topliss-reactive ketones (excluding diaryl/α,β-unsaturated/α-hetero) is 1. The van der Waals surface area contributed by atoms with E-state index in [4.69, 9.17) is 5.11 Å². The molecular formula is C8H16O2. The minimum absolute atomic E-state index is 0.173. The molecule has 0 radical (unpaired) electrons. The highest BCUT2D eigenvalue weighted by Crippen LogP contribution is 2.10. The van der Waals surface area contributed by atoms with Crippen LogP contribution in [0.15, 0.2) is 0 Å². The first kappa shape index (κ1) is 9.63. The van der Waals surface area contributed by atoms with Crippen molar-refractivity contribution in [3.05, 3.63) is 0 Å². The second-order valence-corrected chi connectivity index (χ2v) is 2.58. The second-order valence-electron chi connectivity index (χ2n) is 2.58. The number of carbonyl (C=O) groups is 1. The number of carbonyl (C=O) groups excluding carboxylic acids is 1. The molecule has 1 atom stereocenters. The lowest BCUT2D eigenvalue weighted by atomic mass is 9.97. The van der Waals surface area contributed by atoms with E-state index in [-0.39, 0.29) is 18.3 Å². The fourth-order valence-electron chi connectivity index (χ4n) is 1.03. The molecule has 1 N–H and O–H groups in total. The number of aliphatic hydroxyl groups excluding tert-OH is 1. The van der Waals surface area contributed by atoms with Crippen molar-refractivity contribution in [2.45, 2.75) is 33.1 Å². The van der Waals surface area contributed by atoms with Gasteiger partial charge < -0.3 is 5.11 Å². The maximum Gasteiger partial charge on any atom is 0.132 e. The Hall–Kier alpha value is -0.370. The molecule has 0 saturated heterocycles. The first-order valence-corrected chi connectivity index (χ1v) is 3.83. The molecule has 0 heterocycles. The predicted molar refractivity (Wildman–Crippen MR) is 40.8 cm³/mol. The predicted octanol–water partition coefficient (Wildman–Crippen LogP) is 1.37. The largest absolute Gasteiger partial charge is 0.396 e. The number of hydrogen-bond acceptors (Lipinski definition) is 2. The lowest BCUT2D eigenvalue weighted by Gasteiger charge is -2.08. The quantitative estimate of drug-likeness (QED) is 0.632. The van der Waals surface area contributed by atoms with E-state index in [0.717, 1.165) is 19.3 Å². The molecule has 60 valence electrons. The first-order chi connectivity index (χ1) is 4.72. The minimum atomic E-state index is 0.173. The average Bonchev–Trinajstić information content (AvgIpc) is 1.89. The van der Waals surface area contributed by atoms with Gasteiger partial charge in [0.25, 0.3) is 0 Å². The lowest BCUT2D eigenvalue weighted by Crippen LogP contribution is -2.09. The second kappa shape index (κ2) is 5.42. The Bertz CT molecular complexity index is 99.4. The van der Waals surface area contributed by atoms with E-state index in [0.29, 0.717) is 0 Å². The normalized spacial score (nSPS) is 13.1. The van der Waals surface area contributed by atoms with Crippen LogP contribution in [-0.4, -0.2) is 17.5 Å². The van der Waals surface area contributed by atoms with Crippen LogP contribution in [0.2, 0.25) is 0 Å². The Kier molecular flexibility index (Phi) is 5.22. The van der Waals surface area contributed by atoms with E-state index in [2.05, 4.69) is 0 Å². The van der Waals surface area contributed by atoms with Crippen LogP contribution >= 0.6 is 0 Å². The summed E-state index contributed by atoms with van der Waals surface area (Å²) in [5.41, 5.74) is 0. The van der Waals surface area contributed by atoms with E-state index < -0.39 is 0 Å². The molecule has 0 rings (SSSR count). The van der Waals surface area contributed by atoms with Crippen molar-refractivity contribution in [2.24, 2.45) is 5.92 Å². The van der Waals surface area contributed by atoms with Gasteiger partial charge in [-0.25, -0.2) is 0 Å². The highest BCUT2D eigenvalue weighted by molar-refractivity contribution is 5.78. The zero-order valence-electron chi connectivity index (χ0n) is 6.76. The van der Waals surface area contributed by atoms with E-state index in [9.17, 15) is 4.79 Å². The Balaban J connectivity index is 3.50. The summed E-state index contributed by atoms with van der Waals surface area (Å²) in [6.45, 7) is 3.82. The van der Waals surface area contributed by atoms with Crippen LogP contribution in [0.4, 0.5) is 0 Å². The number of aliphatic hydroxyl groups is 1. The molecule has 0 aliphatic rings. The summed E-state index contributed by atoms with van der Waals surface area (Å²) in [6, 6.07) is 0. The molecule has 1 unspecified atom stereocenters. The van der Waals surface area contributed by atoms with Crippen molar-refractivity contribution in [1.29, 1.82) is 0 Å². The molecule has 2 heteroatoms. The zero-order valence-corrected chi connectivity index (χ0v) is 6.76. The molecule has 2 nitrogen and oxygen atoms in total. The Morgan fingerprint density at radius 3 is 2.50 bits per heavy atom. The van der Waals surface area contributed by atoms with Gasteiger partial charge in [0.05, 0.1) is 0 Å². The van der Waals surface area contributed by atoms with Crippen molar-refractivity contribution in [3.63, 3.8) is 0 Å². The molecule has 0 fully saturated rings. The minimum Gasteiger partial charge on any atom is -0.396 e. The van der Waals surface area contributed by atoms with Crippen molar-refractivity contribution >= 4 is 5.78 Å². The van der Waals surface area contributed by atoms with Gasteiger partial charge >= 0.3 is 0 Å². The van der Waals surface area contributed by atoms with Gasteiger partial charge in [0.15, 0.2) is 0 Å². The third kappa shape index (κ3) is 3.62. The van der Waals surface area contributed by atoms with Gasteiger partial charge in [0.2, 0.25) is 0 Å². The van der Waals surface area contributed by atoms with Gasteiger partial charge in [-0.2, -0.15) is 0 Å². The maximum absolute atomic E-state index is 10.8. The summed E-state index contributed by atoms with van der Waals surface area (Å²) in [5.74, 6) is 0.420. The highest BCUT2D eigenvalue weighted by Gasteiger charge is 2.09. The van der Waals surface area contributed by atoms with Crippen molar-refractivity contribution in [3.8, 4) is 0 Å². The van der Waals surface area contributed by atoms with Gasteiger partial charge in [-0.05, 0) is 26.2 Å². The average molecular weight is 144 g/mol. The van der Waals surface area contributed by atoms with Crippen LogP contribution in [0.5, 0.6) is 0 Å². The fraction of sp³-hybridized carbons (Fsp3) is 0.875. The van der Waals surface area contributed by atoms with Crippen molar-refractivity contribution in [2.75, 3.05) is 6.61 Å². The lowest BCUT2D eigenvalue weighted by molar-refractivity contribution is -0.121. The first-order valence-electron chi connectivity index (χ1n) is 3.83. The summed E-state index contributed by atoms with van der Waals surface area (Å²) in [7, 11) is 0. The molecule has 0 aromatic rings. The smallest absolute Gasteiger partial charge is 0.132 e. The van der Waals surface area contributed by atoms with Crippen LogP contribution in [0.1, 0.15) is 33.1 Å². The number of hydrogen-bond donors (Lipinski definition) is 1. The molecule has 10 heavy (non-hydrogen) atoms. The Morgan fingerprint density at radius 1 is 1.60 bits per heavy atom. The van der Waals surface area contributed by atoms with Crippen LogP contribution < -0.4 is 0 Å². The van der Waals surface area contributed by atoms with E-state index in [1.807, 2.05) is 6.92 Å². The van der Waals surface area contributed by atoms with Crippen LogP contribution in [0, 0.1) is 5.92 Å². The Labute approximate surface area is 62.2 Å². The van der Waals surface area contributed by atoms with Crippen LogP contribution in [0.25, 0.3) is 0 Å². The summed E-state index contributed by atoms with van der Waals surface area (Å²) >= 11 is 0. The molecule has 0 amide bonds. The van der Waals surface area contributed by atoms with Crippen LogP contribution in [0.3, 0.4) is 0 Å². The third-order valence-electron chi connectivity index (χ3n) is 1.78. The van der Waals surface area contributed by atoms with Gasteiger partial charge in [-0.15, -0.1) is 0 Å². The molecule has 0 aliphatic heterocycles.